The van der Waals surface area contributed by atoms with E-state index in [1.165, 1.54) is 11.1 Å². The summed E-state index contributed by atoms with van der Waals surface area (Å²) in [6.45, 7) is 8.93. The van der Waals surface area contributed by atoms with Crippen molar-refractivity contribution in [3.05, 3.63) is 68.5 Å². The Balaban J connectivity index is 1.48. The summed E-state index contributed by atoms with van der Waals surface area (Å²) in [6, 6.07) is 4.25. The van der Waals surface area contributed by atoms with Crippen LogP contribution in [-0.4, -0.2) is 38.9 Å². The van der Waals surface area contributed by atoms with Gasteiger partial charge in [-0.15, -0.1) is 6.58 Å². The van der Waals surface area contributed by atoms with Gasteiger partial charge < -0.3 is 9.08 Å². The molecule has 4 unspecified atom stereocenters. The van der Waals surface area contributed by atoms with Crippen LogP contribution in [0.4, 0.5) is 0 Å². The zero-order chi connectivity index (χ0) is 24.9. The number of carbonyl (C=O) groups is 1. The topological polar surface area (TPSA) is 101 Å². The highest BCUT2D eigenvalue weighted by molar-refractivity contribution is 7.88. The number of aryl methyl sites for hydroxylation is 2. The second-order valence-electron chi connectivity index (χ2n) is 10.0. The van der Waals surface area contributed by atoms with E-state index in [0.29, 0.717) is 35.7 Å². The fraction of sp³-hybridized carbons (Fsp3) is 0.538. The third-order valence-corrected chi connectivity index (χ3v) is 9.12. The van der Waals surface area contributed by atoms with Gasteiger partial charge in [0.1, 0.15) is 10.1 Å². The molecular formula is C26H32N4O4S. The van der Waals surface area contributed by atoms with Gasteiger partial charge in [0.25, 0.3) is 5.91 Å². The first-order valence-corrected chi connectivity index (χ1v) is 13.2. The molecule has 1 fully saturated rings. The van der Waals surface area contributed by atoms with Gasteiger partial charge in [-0.2, -0.15) is 5.10 Å². The van der Waals surface area contributed by atoms with Gasteiger partial charge in [-0.05, 0) is 86.0 Å². The quantitative estimate of drug-likeness (QED) is 0.190. The first-order valence-electron chi connectivity index (χ1n) is 12.5. The minimum atomic E-state index is -0.522. The summed E-state index contributed by atoms with van der Waals surface area (Å²) in [5, 5.41) is 18.5. The molecule has 1 amide bonds. The second-order valence-corrected chi connectivity index (χ2v) is 10.7. The van der Waals surface area contributed by atoms with Crippen LogP contribution in [0, 0.1) is 22.0 Å². The van der Waals surface area contributed by atoms with Crippen molar-refractivity contribution in [1.82, 2.24) is 15.1 Å². The predicted octanol–water partition coefficient (Wildman–Crippen LogP) is 5.02. The summed E-state index contributed by atoms with van der Waals surface area (Å²) < 4.78 is 4.93. The monoisotopic (exact) mass is 496 g/mol. The molecular weight excluding hydrogens is 464 g/mol. The Hall–Kier alpha value is -2.81. The smallest absolute Gasteiger partial charge is 0.366 e. The number of hydrogen-bond donors (Lipinski definition) is 1. The van der Waals surface area contributed by atoms with E-state index in [1.807, 2.05) is 20.0 Å². The number of fused-ring (bicyclic) bond motifs is 7. The lowest BCUT2D eigenvalue weighted by Crippen LogP contribution is -2.44. The first-order chi connectivity index (χ1) is 16.8. The van der Waals surface area contributed by atoms with E-state index < -0.39 is 4.33 Å². The number of nitrogens with zero attached hydrogens (tertiary/aromatic N) is 3. The van der Waals surface area contributed by atoms with Crippen LogP contribution in [0.5, 0.6) is 5.75 Å². The number of nitrogens with one attached hydrogen (secondary N) is 1. The number of rotatable bonds is 7. The molecule has 1 saturated carbocycles. The van der Waals surface area contributed by atoms with Gasteiger partial charge in [-0.3, -0.25) is 9.89 Å². The maximum atomic E-state index is 13.0. The van der Waals surface area contributed by atoms with Crippen LogP contribution in [0.25, 0.3) is 0 Å². The Kier molecular flexibility index (Phi) is 6.15. The van der Waals surface area contributed by atoms with Gasteiger partial charge in [0.05, 0.1) is 0 Å². The van der Waals surface area contributed by atoms with Crippen molar-refractivity contribution in [2.24, 2.45) is 11.8 Å². The highest BCUT2D eigenvalue weighted by Crippen LogP contribution is 2.61. The lowest BCUT2D eigenvalue weighted by molar-refractivity contribution is -0.291. The van der Waals surface area contributed by atoms with Crippen molar-refractivity contribution in [2.45, 2.75) is 63.7 Å². The van der Waals surface area contributed by atoms with Crippen LogP contribution in [0.15, 0.2) is 24.8 Å². The average molecular weight is 497 g/mol. The van der Waals surface area contributed by atoms with E-state index in [4.69, 9.17) is 4.18 Å². The van der Waals surface area contributed by atoms with Gasteiger partial charge in [0.15, 0.2) is 5.69 Å². The molecule has 4 atom stereocenters. The third kappa shape index (κ3) is 3.66. The molecule has 0 saturated heterocycles. The van der Waals surface area contributed by atoms with Crippen LogP contribution in [0.3, 0.4) is 0 Å². The molecule has 186 valence electrons. The second kappa shape index (κ2) is 9.00. The lowest BCUT2D eigenvalue weighted by Gasteiger charge is -2.49. The highest BCUT2D eigenvalue weighted by Gasteiger charge is 2.56. The maximum Gasteiger partial charge on any atom is 0.468 e. The van der Waals surface area contributed by atoms with E-state index >= 15 is 0 Å². The van der Waals surface area contributed by atoms with E-state index in [-0.39, 0.29) is 23.6 Å². The molecule has 0 aliphatic heterocycles. The molecule has 0 spiro atoms. The minimum Gasteiger partial charge on any atom is -0.366 e. The zero-order valence-corrected chi connectivity index (χ0v) is 21.3. The molecule has 3 aliphatic carbocycles. The number of allylic oxidation sites excluding steroid dienone is 1. The summed E-state index contributed by atoms with van der Waals surface area (Å²) in [4.78, 5) is 25.5. The van der Waals surface area contributed by atoms with Crippen LogP contribution in [0.2, 0.25) is 0 Å². The number of aromatic amines is 1. The Morgan fingerprint density at radius 3 is 2.91 bits per heavy atom. The van der Waals surface area contributed by atoms with Crippen molar-refractivity contribution in [3.8, 4) is 5.75 Å². The Morgan fingerprint density at radius 2 is 2.23 bits per heavy atom. The van der Waals surface area contributed by atoms with Gasteiger partial charge in [-0.25, -0.2) is 10.1 Å². The van der Waals surface area contributed by atoms with Gasteiger partial charge in [-0.1, -0.05) is 19.1 Å². The van der Waals surface area contributed by atoms with Crippen molar-refractivity contribution in [2.75, 3.05) is 13.6 Å². The Morgan fingerprint density at radius 1 is 1.43 bits per heavy atom. The Labute approximate surface area is 210 Å². The van der Waals surface area contributed by atoms with Crippen LogP contribution in [0.1, 0.15) is 77.5 Å². The standard InChI is InChI=1S/C26H32N4O4S/c1-5-15-12-19-16(13-22(15)34-35-30(32)33)8-9-18-17(19)10-11-26(6-2)21(18)14-20-23(27-28-24(20)26)25(31)29(4)7-3/h6,12-13,17-18,21H,2,5,7-11,14H2,1,3-4H3,(H,27,28). The number of amides is 1. The molecule has 0 radical (unpaired) electrons. The van der Waals surface area contributed by atoms with E-state index in [2.05, 4.69) is 35.8 Å². The third-order valence-electron chi connectivity index (χ3n) is 8.75. The molecule has 1 aromatic heterocycles. The van der Waals surface area contributed by atoms with E-state index in [9.17, 15) is 14.9 Å². The molecule has 9 heteroatoms. The maximum absolute atomic E-state index is 13.0. The van der Waals surface area contributed by atoms with Crippen molar-refractivity contribution in [3.63, 3.8) is 0 Å². The predicted molar refractivity (Wildman–Crippen MR) is 135 cm³/mol. The molecule has 1 aromatic carbocycles. The summed E-state index contributed by atoms with van der Waals surface area (Å²) in [7, 11) is 1.82. The number of carbonyl (C=O) groups excluding carboxylic acids is 1. The summed E-state index contributed by atoms with van der Waals surface area (Å²) in [5.41, 5.74) is 6.16. The fourth-order valence-corrected chi connectivity index (χ4v) is 7.20. The lowest BCUT2D eigenvalue weighted by atomic mass is 9.54. The molecule has 35 heavy (non-hydrogen) atoms. The highest BCUT2D eigenvalue weighted by atomic mass is 32.2. The van der Waals surface area contributed by atoms with Crippen LogP contribution < -0.4 is 4.18 Å². The average Bonchev–Trinajstić information content (AvgIpc) is 3.43. The summed E-state index contributed by atoms with van der Waals surface area (Å²) in [6.07, 6.45) is 7.66. The van der Waals surface area contributed by atoms with E-state index in [0.717, 1.165) is 55.3 Å². The molecule has 2 aromatic rings. The number of aromatic nitrogens is 2. The molecule has 1 heterocycles. The minimum absolute atomic E-state index is 0.0268. The number of benzene rings is 1. The van der Waals surface area contributed by atoms with Crippen LogP contribution >= 0.6 is 12.2 Å². The Bertz CT molecular complexity index is 1190. The molecule has 1 N–H and O–H groups in total. The molecule has 3 aliphatic rings. The fourth-order valence-electron chi connectivity index (χ4n) is 6.91. The van der Waals surface area contributed by atoms with Gasteiger partial charge in [0, 0.05) is 30.3 Å². The first kappa shape index (κ1) is 23.9. The normalized spacial score (nSPS) is 26.2. The van der Waals surface area contributed by atoms with Gasteiger partial charge >= 0.3 is 12.2 Å². The van der Waals surface area contributed by atoms with Crippen molar-refractivity contribution in [1.29, 1.82) is 0 Å². The molecule has 5 rings (SSSR count). The SMILES string of the molecule is C=CC12CCC3c4cc(CC)c(OS[N+](=O)[O-])cc4CCC3C1Cc1c(C(=O)N(C)CC)n[nH]c12. The van der Waals surface area contributed by atoms with Crippen molar-refractivity contribution >= 4 is 18.1 Å². The number of hydrogen-bond acceptors (Lipinski definition) is 6. The van der Waals surface area contributed by atoms with E-state index in [1.54, 1.807) is 4.90 Å². The van der Waals surface area contributed by atoms with Gasteiger partial charge in [0.2, 0.25) is 0 Å². The van der Waals surface area contributed by atoms with Crippen LogP contribution in [-0.2, 0) is 24.7 Å². The molecule has 0 bridgehead atoms. The van der Waals surface area contributed by atoms with Crippen molar-refractivity contribution < 1.29 is 13.3 Å². The number of H-pyrrole nitrogens is 1. The number of nitro groups is 1. The summed E-state index contributed by atoms with van der Waals surface area (Å²) >= 11 is 0.274. The zero-order valence-electron chi connectivity index (χ0n) is 20.5. The largest absolute Gasteiger partial charge is 0.468 e. The summed E-state index contributed by atoms with van der Waals surface area (Å²) in [5.74, 6) is 1.86. The molecule has 8 nitrogen and oxygen atoms in total.